The van der Waals surface area contributed by atoms with Gasteiger partial charge in [0.25, 0.3) is 11.6 Å². The SMILES string of the molecule is CC12CC[C@H]3[C@@H](CCC4(O)C[C@H](O)CCC34/C=N/NC(=O)c3ccc([N+](=O)[O-])cc3Cl)C1(O)CCC2C1=CC(=O)OC1. The van der Waals surface area contributed by atoms with E-state index < -0.39 is 39.0 Å². The van der Waals surface area contributed by atoms with Gasteiger partial charge in [0.2, 0.25) is 0 Å². The zero-order valence-electron chi connectivity index (χ0n) is 23.4. The number of hydrogen-bond acceptors (Lipinski definition) is 9. The van der Waals surface area contributed by atoms with E-state index in [9.17, 15) is 35.0 Å². The number of fused-ring (bicyclic) bond motifs is 5. The summed E-state index contributed by atoms with van der Waals surface area (Å²) in [5.74, 6) is -1.27. The molecule has 11 nitrogen and oxygen atoms in total. The van der Waals surface area contributed by atoms with Crippen LogP contribution >= 0.6 is 11.6 Å². The van der Waals surface area contributed by atoms with Gasteiger partial charge >= 0.3 is 5.97 Å². The lowest BCUT2D eigenvalue weighted by atomic mass is 9.41. The molecule has 5 aliphatic rings. The second kappa shape index (κ2) is 10.1. The number of rotatable bonds is 5. The van der Waals surface area contributed by atoms with Gasteiger partial charge in [-0.05, 0) is 80.8 Å². The number of benzene rings is 1. The fourth-order valence-corrected chi connectivity index (χ4v) is 9.69. The Morgan fingerprint density at radius 1 is 1.17 bits per heavy atom. The molecule has 4 fully saturated rings. The van der Waals surface area contributed by atoms with E-state index in [4.69, 9.17) is 16.3 Å². The van der Waals surface area contributed by atoms with Crippen molar-refractivity contribution < 1.29 is 34.6 Å². The summed E-state index contributed by atoms with van der Waals surface area (Å²) in [5.41, 5.74) is -0.454. The van der Waals surface area contributed by atoms with E-state index in [2.05, 4.69) is 17.5 Å². The van der Waals surface area contributed by atoms with Crippen LogP contribution in [0.3, 0.4) is 0 Å². The van der Waals surface area contributed by atoms with Crippen LogP contribution in [0.15, 0.2) is 34.9 Å². The molecule has 4 aliphatic carbocycles. The van der Waals surface area contributed by atoms with Crippen molar-refractivity contribution in [2.75, 3.05) is 6.61 Å². The smallest absolute Gasteiger partial charge is 0.331 e. The number of hydrazone groups is 1. The molecule has 226 valence electrons. The number of cyclic esters (lactones) is 1. The van der Waals surface area contributed by atoms with Crippen molar-refractivity contribution in [1.29, 1.82) is 0 Å². The molecule has 42 heavy (non-hydrogen) atoms. The number of aliphatic hydroxyl groups excluding tert-OH is 1. The van der Waals surface area contributed by atoms with Crippen molar-refractivity contribution in [3.63, 3.8) is 0 Å². The van der Waals surface area contributed by atoms with E-state index in [0.29, 0.717) is 44.9 Å². The number of nitrogens with one attached hydrogen (secondary N) is 1. The first-order chi connectivity index (χ1) is 19.8. The quantitative estimate of drug-likeness (QED) is 0.171. The van der Waals surface area contributed by atoms with E-state index in [-0.39, 0.29) is 53.0 Å². The normalized spacial score (nSPS) is 41.0. The Bertz CT molecular complexity index is 1400. The van der Waals surface area contributed by atoms with Gasteiger partial charge in [0.15, 0.2) is 0 Å². The van der Waals surface area contributed by atoms with Crippen LogP contribution in [-0.4, -0.2) is 62.2 Å². The van der Waals surface area contributed by atoms with Crippen molar-refractivity contribution in [3.8, 4) is 0 Å². The number of aliphatic hydroxyl groups is 3. The highest BCUT2D eigenvalue weighted by Crippen LogP contribution is 2.70. The number of halogens is 1. The highest BCUT2D eigenvalue weighted by molar-refractivity contribution is 6.34. The minimum Gasteiger partial charge on any atom is -0.458 e. The molecular weight excluding hydrogens is 566 g/mol. The van der Waals surface area contributed by atoms with Gasteiger partial charge in [-0.25, -0.2) is 10.2 Å². The summed E-state index contributed by atoms with van der Waals surface area (Å²) in [5, 5.41) is 50.4. The standard InChI is InChI=1S/C30H36ClN3O8/c1-27-8-5-22-23(30(27,39)11-7-21(27)17-12-25(36)42-15-17)6-10-29(38)14-19(35)4-9-28(22,29)16-32-33-26(37)20-3-2-18(34(40)41)13-24(20)31/h2-3,12-13,16,19,21-23,35,38-39H,4-11,14-15H2,1H3,(H,33,37)/b32-16+/t19-,21?,22+,23-,27?,28?,29?,30?/m1/s1. The molecule has 0 bridgehead atoms. The molecule has 6 rings (SSSR count). The molecule has 0 aromatic heterocycles. The Kier molecular flexibility index (Phi) is 7.03. The van der Waals surface area contributed by atoms with Gasteiger partial charge in [-0.2, -0.15) is 5.10 Å². The predicted molar refractivity (Wildman–Crippen MR) is 152 cm³/mol. The molecule has 4 saturated carbocycles. The number of ether oxygens (including phenoxy) is 1. The third-order valence-electron chi connectivity index (χ3n) is 11.5. The number of nitro groups is 1. The van der Waals surface area contributed by atoms with Crippen LogP contribution in [0.5, 0.6) is 0 Å². The monoisotopic (exact) mass is 601 g/mol. The van der Waals surface area contributed by atoms with Crippen LogP contribution < -0.4 is 5.43 Å². The van der Waals surface area contributed by atoms with Crippen LogP contribution in [0.4, 0.5) is 5.69 Å². The maximum absolute atomic E-state index is 12.9. The first kappa shape index (κ1) is 29.2. The van der Waals surface area contributed by atoms with Gasteiger partial charge in [-0.3, -0.25) is 14.9 Å². The molecule has 1 aromatic rings. The minimum atomic E-state index is -1.28. The van der Waals surface area contributed by atoms with Crippen molar-refractivity contribution in [2.45, 2.75) is 82.0 Å². The third kappa shape index (κ3) is 4.23. The van der Waals surface area contributed by atoms with Crippen molar-refractivity contribution in [3.05, 3.63) is 50.5 Å². The van der Waals surface area contributed by atoms with Crippen molar-refractivity contribution in [2.24, 2.45) is 33.7 Å². The Morgan fingerprint density at radius 2 is 1.93 bits per heavy atom. The Hall–Kier alpha value is -2.86. The molecule has 8 atom stereocenters. The van der Waals surface area contributed by atoms with Crippen molar-refractivity contribution >= 4 is 35.4 Å². The molecule has 4 N–H and O–H groups in total. The number of non-ortho nitro benzene ring substituents is 1. The maximum Gasteiger partial charge on any atom is 0.331 e. The molecule has 0 spiro atoms. The van der Waals surface area contributed by atoms with Crippen LogP contribution in [0.2, 0.25) is 5.02 Å². The summed E-state index contributed by atoms with van der Waals surface area (Å²) < 4.78 is 5.21. The molecule has 1 aromatic carbocycles. The van der Waals surface area contributed by atoms with Crippen LogP contribution in [0, 0.1) is 38.7 Å². The summed E-state index contributed by atoms with van der Waals surface area (Å²) >= 11 is 6.14. The second-order valence-corrected chi connectivity index (χ2v) is 13.5. The molecular formula is C30H36ClN3O8. The first-order valence-corrected chi connectivity index (χ1v) is 15.0. The number of esters is 1. The number of hydrogen-bond donors (Lipinski definition) is 4. The van der Waals surface area contributed by atoms with Crippen LogP contribution in [0.25, 0.3) is 0 Å². The van der Waals surface area contributed by atoms with Crippen molar-refractivity contribution in [1.82, 2.24) is 5.43 Å². The van der Waals surface area contributed by atoms with Crippen LogP contribution in [-0.2, 0) is 9.53 Å². The lowest BCUT2D eigenvalue weighted by Crippen LogP contribution is -2.68. The predicted octanol–water partition coefficient (Wildman–Crippen LogP) is 3.68. The molecule has 0 saturated heterocycles. The fourth-order valence-electron chi connectivity index (χ4n) is 9.43. The summed E-state index contributed by atoms with van der Waals surface area (Å²) in [4.78, 5) is 35.2. The molecule has 1 heterocycles. The fraction of sp³-hybridized carbons (Fsp3) is 0.633. The van der Waals surface area contributed by atoms with E-state index >= 15 is 0 Å². The van der Waals surface area contributed by atoms with E-state index in [1.807, 2.05) is 0 Å². The van der Waals surface area contributed by atoms with E-state index in [1.54, 1.807) is 12.3 Å². The van der Waals surface area contributed by atoms with Gasteiger partial charge in [0.05, 0.1) is 32.8 Å². The number of nitro benzene ring substituents is 1. The topological polar surface area (TPSA) is 172 Å². The summed E-state index contributed by atoms with van der Waals surface area (Å²) in [7, 11) is 0. The zero-order chi connectivity index (χ0) is 30.1. The second-order valence-electron chi connectivity index (χ2n) is 13.1. The molecule has 0 radical (unpaired) electrons. The first-order valence-electron chi connectivity index (χ1n) is 14.6. The van der Waals surface area contributed by atoms with Gasteiger partial charge in [-0.15, -0.1) is 0 Å². The number of amides is 1. The lowest BCUT2D eigenvalue weighted by Gasteiger charge is -2.65. The van der Waals surface area contributed by atoms with Gasteiger partial charge in [0, 0.05) is 41.7 Å². The summed E-state index contributed by atoms with van der Waals surface area (Å²) in [6.07, 6.45) is 7.23. The molecule has 1 amide bonds. The Morgan fingerprint density at radius 3 is 2.62 bits per heavy atom. The molecule has 1 aliphatic heterocycles. The minimum absolute atomic E-state index is 0.0242. The highest BCUT2D eigenvalue weighted by atomic mass is 35.5. The van der Waals surface area contributed by atoms with E-state index in [0.717, 1.165) is 18.1 Å². The molecule has 12 heteroatoms. The average Bonchev–Trinajstić information content (AvgIpc) is 3.48. The summed E-state index contributed by atoms with van der Waals surface area (Å²) in [6.45, 7) is 2.38. The summed E-state index contributed by atoms with van der Waals surface area (Å²) in [6, 6.07) is 3.55. The van der Waals surface area contributed by atoms with E-state index in [1.165, 1.54) is 12.1 Å². The van der Waals surface area contributed by atoms with Gasteiger partial charge in [-0.1, -0.05) is 18.5 Å². The van der Waals surface area contributed by atoms with Gasteiger partial charge in [0.1, 0.15) is 6.61 Å². The van der Waals surface area contributed by atoms with Crippen LogP contribution in [0.1, 0.15) is 75.1 Å². The lowest BCUT2D eigenvalue weighted by molar-refractivity contribution is -0.384. The maximum atomic E-state index is 12.9. The Balaban J connectivity index is 1.30. The number of nitrogens with zero attached hydrogens (tertiary/aromatic N) is 2. The molecule has 5 unspecified atom stereocenters. The zero-order valence-corrected chi connectivity index (χ0v) is 24.2. The third-order valence-corrected chi connectivity index (χ3v) is 11.8. The highest BCUT2D eigenvalue weighted by Gasteiger charge is 2.71. The van der Waals surface area contributed by atoms with Gasteiger partial charge < -0.3 is 20.1 Å². The average molecular weight is 602 g/mol. The number of carbonyl (C=O) groups is 2. The Labute approximate surface area is 248 Å². The number of carbonyl (C=O) groups excluding carboxylic acids is 2. The largest absolute Gasteiger partial charge is 0.458 e.